The Labute approximate surface area is 276 Å². The van der Waals surface area contributed by atoms with Crippen LogP contribution in [0.5, 0.6) is 11.5 Å². The van der Waals surface area contributed by atoms with Gasteiger partial charge in [-0.25, -0.2) is 4.39 Å². The Balaban J connectivity index is 1.47. The molecule has 0 bridgehead atoms. The molecule has 3 aromatic rings. The van der Waals surface area contributed by atoms with Gasteiger partial charge in [0, 0.05) is 47.8 Å². The van der Waals surface area contributed by atoms with Crippen LogP contribution in [0, 0.1) is 16.6 Å². The zero-order chi connectivity index (χ0) is 32.8. The van der Waals surface area contributed by atoms with E-state index in [4.69, 9.17) is 21.1 Å². The van der Waals surface area contributed by atoms with Gasteiger partial charge in [0.1, 0.15) is 12.4 Å². The van der Waals surface area contributed by atoms with Crippen LogP contribution in [0.1, 0.15) is 76.0 Å². The van der Waals surface area contributed by atoms with Crippen LogP contribution in [0.3, 0.4) is 0 Å². The maximum absolute atomic E-state index is 14.2. The highest BCUT2D eigenvalue weighted by atomic mass is 35.5. The Morgan fingerprint density at radius 2 is 1.43 bits per heavy atom. The maximum atomic E-state index is 14.2. The number of benzene rings is 3. The Kier molecular flexibility index (Phi) is 8.62. The van der Waals surface area contributed by atoms with Gasteiger partial charge >= 0.3 is 0 Å². The number of carbonyl (C=O) groups excluding carboxylic acids is 2. The first-order valence-electron chi connectivity index (χ1n) is 15.9. The van der Waals surface area contributed by atoms with E-state index in [2.05, 4.69) is 44.7 Å². The number of hydrogen-bond acceptors (Lipinski definition) is 5. The van der Waals surface area contributed by atoms with Crippen molar-refractivity contribution in [1.82, 2.24) is 4.90 Å². The summed E-state index contributed by atoms with van der Waals surface area (Å²) in [7, 11) is 1.54. The van der Waals surface area contributed by atoms with E-state index in [1.807, 2.05) is 24.3 Å². The lowest BCUT2D eigenvalue weighted by molar-refractivity contribution is -0.119. The Bertz CT molecular complexity index is 1700. The summed E-state index contributed by atoms with van der Waals surface area (Å²) in [6, 6.07) is 20.2. The van der Waals surface area contributed by atoms with Gasteiger partial charge in [-0.1, -0.05) is 81.8 Å². The zero-order valence-electron chi connectivity index (χ0n) is 27.2. The van der Waals surface area contributed by atoms with E-state index in [1.165, 1.54) is 24.8 Å². The Morgan fingerprint density at radius 3 is 2.02 bits per heavy atom. The number of nitrogens with zero attached hydrogens (tertiary/aromatic N) is 1. The number of methoxy groups -OCH3 is 1. The zero-order valence-corrected chi connectivity index (χ0v) is 28.0. The van der Waals surface area contributed by atoms with E-state index in [0.29, 0.717) is 52.6 Å². The van der Waals surface area contributed by atoms with Crippen LogP contribution in [0.4, 0.5) is 4.39 Å². The molecule has 0 amide bonds. The summed E-state index contributed by atoms with van der Waals surface area (Å²) < 4.78 is 25.6. The first kappa shape index (κ1) is 32.1. The third-order valence-electron chi connectivity index (χ3n) is 9.35. The summed E-state index contributed by atoms with van der Waals surface area (Å²) in [5.41, 5.74) is 5.53. The molecule has 0 unspecified atom stereocenters. The van der Waals surface area contributed by atoms with Crippen LogP contribution in [0.2, 0.25) is 5.02 Å². The summed E-state index contributed by atoms with van der Waals surface area (Å²) in [6.07, 6.45) is 3.04. The number of ketones is 2. The van der Waals surface area contributed by atoms with Crippen molar-refractivity contribution in [3.8, 4) is 11.5 Å². The van der Waals surface area contributed by atoms with Gasteiger partial charge in [-0.15, -0.1) is 0 Å². The van der Waals surface area contributed by atoms with Crippen LogP contribution in [0.15, 0.2) is 89.3 Å². The third kappa shape index (κ3) is 6.37. The van der Waals surface area contributed by atoms with Crippen molar-refractivity contribution in [3.05, 3.63) is 117 Å². The molecule has 5 nitrogen and oxygen atoms in total. The highest BCUT2D eigenvalue weighted by Crippen LogP contribution is 2.55. The Morgan fingerprint density at radius 1 is 0.826 bits per heavy atom. The van der Waals surface area contributed by atoms with Gasteiger partial charge in [0.25, 0.3) is 0 Å². The third-order valence-corrected chi connectivity index (χ3v) is 9.63. The lowest BCUT2D eigenvalue weighted by Crippen LogP contribution is -2.45. The van der Waals surface area contributed by atoms with E-state index < -0.39 is 5.92 Å². The molecule has 3 aliphatic rings. The highest BCUT2D eigenvalue weighted by Gasteiger charge is 2.49. The molecule has 0 aromatic heterocycles. The number of hydrogen-bond donors (Lipinski definition) is 0. The van der Waals surface area contributed by atoms with Gasteiger partial charge in [-0.2, -0.15) is 0 Å². The number of carbonyl (C=O) groups is 2. The van der Waals surface area contributed by atoms with Crippen molar-refractivity contribution < 1.29 is 23.5 Å². The minimum atomic E-state index is -0.561. The fraction of sp³-hybridized carbons (Fsp3) is 0.385. The van der Waals surface area contributed by atoms with Crippen LogP contribution >= 0.6 is 11.6 Å². The van der Waals surface area contributed by atoms with Gasteiger partial charge in [-0.05, 0) is 71.0 Å². The van der Waals surface area contributed by atoms with Crippen molar-refractivity contribution in [2.24, 2.45) is 10.8 Å². The highest BCUT2D eigenvalue weighted by molar-refractivity contribution is 6.32. The predicted octanol–water partition coefficient (Wildman–Crippen LogP) is 9.00. The fourth-order valence-corrected chi connectivity index (χ4v) is 7.64. The van der Waals surface area contributed by atoms with Gasteiger partial charge in [-0.3, -0.25) is 9.59 Å². The van der Waals surface area contributed by atoms with Gasteiger partial charge in [0.2, 0.25) is 0 Å². The molecule has 46 heavy (non-hydrogen) atoms. The smallest absolute Gasteiger partial charge is 0.180 e. The molecule has 6 rings (SSSR count). The molecule has 3 aromatic carbocycles. The van der Waals surface area contributed by atoms with Crippen molar-refractivity contribution in [1.29, 1.82) is 0 Å². The van der Waals surface area contributed by atoms with Crippen LogP contribution in [-0.4, -0.2) is 30.1 Å². The van der Waals surface area contributed by atoms with Crippen molar-refractivity contribution in [3.63, 3.8) is 0 Å². The lowest BCUT2D eigenvalue weighted by atomic mass is 9.63. The molecule has 2 aliphatic carbocycles. The summed E-state index contributed by atoms with van der Waals surface area (Å²) in [5, 5.41) is 0.300. The fourth-order valence-electron chi connectivity index (χ4n) is 7.37. The molecule has 0 saturated heterocycles. The molecule has 240 valence electrons. The van der Waals surface area contributed by atoms with E-state index in [-0.39, 0.29) is 34.8 Å². The van der Waals surface area contributed by atoms with Crippen molar-refractivity contribution in [2.45, 2.75) is 72.3 Å². The molecular weight excluding hydrogens is 601 g/mol. The standard InChI is InChI=1S/C39H41ClFNO4/c1-38(2)19-29-35(31(43)21-38)34(26-17-28(40)37(33(18-26)45-5)46-23-25-12-9-13-27(41)16-25)36-30(20-39(3,4)22-32(36)44)42(29)15-14-24-10-7-6-8-11-24/h6-13,16-18,34H,14-15,19-23H2,1-5H3. The lowest BCUT2D eigenvalue weighted by Gasteiger charge is -2.49. The SMILES string of the molecule is COc1cc(C2C3=C(CC(C)(C)CC3=O)N(CCc3ccccc3)C3=C2C(=O)CC(C)(C)C3)cc(Cl)c1OCc1cccc(F)c1. The topological polar surface area (TPSA) is 55.8 Å². The first-order valence-corrected chi connectivity index (χ1v) is 16.3. The van der Waals surface area contributed by atoms with E-state index >= 15 is 0 Å². The summed E-state index contributed by atoms with van der Waals surface area (Å²) >= 11 is 6.90. The van der Waals surface area contributed by atoms with Crippen LogP contribution in [-0.2, 0) is 22.6 Å². The number of Topliss-reactive ketones (excluding diaryl/α,β-unsaturated/α-hetero) is 2. The normalized spacial score (nSPS) is 19.2. The van der Waals surface area contributed by atoms with Crippen molar-refractivity contribution >= 4 is 23.2 Å². The summed E-state index contributed by atoms with van der Waals surface area (Å²) in [6.45, 7) is 9.34. The van der Waals surface area contributed by atoms with Crippen LogP contribution < -0.4 is 9.47 Å². The molecule has 0 saturated carbocycles. The van der Waals surface area contributed by atoms with Gasteiger partial charge < -0.3 is 14.4 Å². The summed E-state index contributed by atoms with van der Waals surface area (Å²) in [4.78, 5) is 30.7. The molecule has 0 atom stereocenters. The molecular formula is C39H41ClFNO4. The number of halogens is 2. The second-order valence-corrected chi connectivity index (χ2v) is 14.8. The predicted molar refractivity (Wildman–Crippen MR) is 178 cm³/mol. The minimum Gasteiger partial charge on any atom is -0.493 e. The molecule has 1 aliphatic heterocycles. The molecule has 0 N–H and O–H groups in total. The molecule has 0 spiro atoms. The number of allylic oxidation sites excluding steroid dienone is 4. The monoisotopic (exact) mass is 641 g/mol. The first-order chi connectivity index (χ1) is 21.9. The quantitative estimate of drug-likeness (QED) is 0.246. The molecule has 0 radical (unpaired) electrons. The minimum absolute atomic E-state index is 0.0617. The second kappa shape index (κ2) is 12.4. The van der Waals surface area contributed by atoms with Gasteiger partial charge in [0.15, 0.2) is 23.1 Å². The van der Waals surface area contributed by atoms with Crippen LogP contribution in [0.25, 0.3) is 0 Å². The van der Waals surface area contributed by atoms with E-state index in [1.54, 1.807) is 18.2 Å². The van der Waals surface area contributed by atoms with Crippen molar-refractivity contribution in [2.75, 3.05) is 13.7 Å². The van der Waals surface area contributed by atoms with E-state index in [9.17, 15) is 14.0 Å². The van der Waals surface area contributed by atoms with Gasteiger partial charge in [0.05, 0.1) is 12.1 Å². The summed E-state index contributed by atoms with van der Waals surface area (Å²) in [5.74, 6) is -0.0689. The van der Waals surface area contributed by atoms with E-state index in [0.717, 1.165) is 36.2 Å². The Hall–Kier alpha value is -3.90. The number of ether oxygens (including phenoxy) is 2. The number of rotatable bonds is 8. The second-order valence-electron chi connectivity index (χ2n) is 14.4. The largest absolute Gasteiger partial charge is 0.493 e. The molecule has 0 fully saturated rings. The maximum Gasteiger partial charge on any atom is 0.180 e. The average Bonchev–Trinajstić information content (AvgIpc) is 2.98. The molecule has 1 heterocycles. The average molecular weight is 642 g/mol. The molecule has 7 heteroatoms.